The van der Waals surface area contributed by atoms with Crippen molar-refractivity contribution in [3.8, 4) is 11.5 Å². The lowest BCUT2D eigenvalue weighted by Crippen LogP contribution is -2.32. The highest BCUT2D eigenvalue weighted by Gasteiger charge is 2.26. The molecule has 0 aliphatic carbocycles. The zero-order valence-electron chi connectivity index (χ0n) is 14.8. The van der Waals surface area contributed by atoms with E-state index in [1.54, 1.807) is 14.2 Å². The van der Waals surface area contributed by atoms with Crippen LogP contribution in [0.15, 0.2) is 35.2 Å². The van der Waals surface area contributed by atoms with Crippen LogP contribution in [0.3, 0.4) is 0 Å². The molecule has 0 aromatic heterocycles. The van der Waals surface area contributed by atoms with Gasteiger partial charge < -0.3 is 14.4 Å². The largest absolute Gasteiger partial charge is 0.493 e. The number of sulfonamides is 1. The van der Waals surface area contributed by atoms with Gasteiger partial charge in [0, 0.05) is 25.2 Å². The zero-order chi connectivity index (χ0) is 19.8. The normalized spacial score (nSPS) is 13.8. The first-order valence-corrected chi connectivity index (χ1v) is 9.59. The molecule has 1 aliphatic heterocycles. The molecule has 0 fully saturated rings. The van der Waals surface area contributed by atoms with E-state index in [1.165, 1.54) is 12.1 Å². The number of primary sulfonamides is 1. The van der Waals surface area contributed by atoms with E-state index in [0.717, 1.165) is 17.2 Å². The van der Waals surface area contributed by atoms with Crippen molar-refractivity contribution < 1.29 is 22.8 Å². The minimum absolute atomic E-state index is 0.263. The predicted octanol–water partition coefficient (Wildman–Crippen LogP) is 1.82. The first kappa shape index (κ1) is 18.9. The number of fused-ring (bicyclic) bond motifs is 1. The number of rotatable bonds is 5. The van der Waals surface area contributed by atoms with Crippen molar-refractivity contribution in [2.24, 2.45) is 5.14 Å². The van der Waals surface area contributed by atoms with Crippen LogP contribution in [0.4, 0.5) is 11.4 Å². The molecular weight excluding hydrogens is 374 g/mol. The Labute approximate surface area is 156 Å². The topological polar surface area (TPSA) is 125 Å². The second kappa shape index (κ2) is 7.05. The molecule has 0 bridgehead atoms. The molecule has 0 unspecified atom stereocenters. The number of anilines is 1. The standard InChI is InChI=1S/C17H19N3O6S/c1-25-15-7-11-5-6-19(10-12(11)8-16(15)26-2)14-4-3-13(20(21)22)9-17(14)27(18,23)24/h3-4,7-9H,5-6,10H2,1-2H3,(H2,18,23,24). The van der Waals surface area contributed by atoms with E-state index < -0.39 is 14.9 Å². The van der Waals surface area contributed by atoms with Crippen molar-refractivity contribution in [1.82, 2.24) is 0 Å². The summed E-state index contributed by atoms with van der Waals surface area (Å²) in [6.07, 6.45) is 0.650. The van der Waals surface area contributed by atoms with E-state index in [0.29, 0.717) is 36.7 Å². The number of non-ortho nitro benzene ring substituents is 1. The highest BCUT2D eigenvalue weighted by atomic mass is 32.2. The minimum Gasteiger partial charge on any atom is -0.493 e. The van der Waals surface area contributed by atoms with Crippen LogP contribution >= 0.6 is 0 Å². The summed E-state index contributed by atoms with van der Waals surface area (Å²) in [4.78, 5) is 11.9. The second-order valence-corrected chi connectivity index (χ2v) is 7.63. The van der Waals surface area contributed by atoms with E-state index in [4.69, 9.17) is 14.6 Å². The summed E-state index contributed by atoms with van der Waals surface area (Å²) in [6.45, 7) is 0.943. The Morgan fingerprint density at radius 2 is 1.74 bits per heavy atom. The van der Waals surface area contributed by atoms with Crippen LogP contribution in [-0.4, -0.2) is 34.1 Å². The Morgan fingerprint density at radius 1 is 1.11 bits per heavy atom. The van der Waals surface area contributed by atoms with Gasteiger partial charge in [-0.3, -0.25) is 10.1 Å². The van der Waals surface area contributed by atoms with Crippen molar-refractivity contribution in [2.75, 3.05) is 25.7 Å². The number of nitro groups is 1. The molecule has 0 saturated carbocycles. The van der Waals surface area contributed by atoms with E-state index in [9.17, 15) is 18.5 Å². The molecule has 144 valence electrons. The molecule has 0 radical (unpaired) electrons. The van der Waals surface area contributed by atoms with E-state index >= 15 is 0 Å². The lowest BCUT2D eigenvalue weighted by molar-refractivity contribution is -0.385. The van der Waals surface area contributed by atoms with Crippen molar-refractivity contribution in [2.45, 2.75) is 17.9 Å². The summed E-state index contributed by atoms with van der Waals surface area (Å²) in [7, 11) is -1.02. The third kappa shape index (κ3) is 3.67. The molecule has 0 amide bonds. The Balaban J connectivity index is 2.03. The molecule has 10 heteroatoms. The van der Waals surface area contributed by atoms with E-state index in [2.05, 4.69) is 0 Å². The van der Waals surface area contributed by atoms with E-state index in [-0.39, 0.29) is 10.6 Å². The number of nitrogens with two attached hydrogens (primary N) is 1. The van der Waals surface area contributed by atoms with Crippen LogP contribution < -0.4 is 19.5 Å². The molecule has 9 nitrogen and oxygen atoms in total. The van der Waals surface area contributed by atoms with Crippen LogP contribution in [0.25, 0.3) is 0 Å². The predicted molar refractivity (Wildman–Crippen MR) is 98.8 cm³/mol. The Morgan fingerprint density at radius 3 is 2.30 bits per heavy atom. The first-order valence-electron chi connectivity index (χ1n) is 8.04. The van der Waals surface area contributed by atoms with Crippen molar-refractivity contribution >= 4 is 21.4 Å². The molecule has 3 rings (SSSR count). The van der Waals surface area contributed by atoms with Gasteiger partial charge in [0.15, 0.2) is 11.5 Å². The van der Waals surface area contributed by atoms with Gasteiger partial charge in [-0.15, -0.1) is 0 Å². The van der Waals surface area contributed by atoms with Gasteiger partial charge in [0.05, 0.1) is 24.8 Å². The Kier molecular flexibility index (Phi) is 4.94. The summed E-state index contributed by atoms with van der Waals surface area (Å²) >= 11 is 0. The van der Waals surface area contributed by atoms with Crippen LogP contribution in [0.2, 0.25) is 0 Å². The van der Waals surface area contributed by atoms with Gasteiger partial charge in [0.2, 0.25) is 10.0 Å². The van der Waals surface area contributed by atoms with Crippen molar-refractivity contribution in [3.63, 3.8) is 0 Å². The number of benzene rings is 2. The maximum absolute atomic E-state index is 12.0. The molecule has 27 heavy (non-hydrogen) atoms. The summed E-state index contributed by atoms with van der Waals surface area (Å²) in [5.74, 6) is 1.21. The first-order chi connectivity index (χ1) is 12.7. The van der Waals surface area contributed by atoms with Crippen LogP contribution in [0.5, 0.6) is 11.5 Å². The molecule has 0 spiro atoms. The highest BCUT2D eigenvalue weighted by molar-refractivity contribution is 7.89. The van der Waals surface area contributed by atoms with Gasteiger partial charge in [0.1, 0.15) is 4.90 Å². The zero-order valence-corrected chi connectivity index (χ0v) is 15.7. The SMILES string of the molecule is COc1cc2c(cc1OC)CN(c1ccc([N+](=O)[O-])cc1S(N)(=O)=O)CC2. The maximum Gasteiger partial charge on any atom is 0.270 e. The summed E-state index contributed by atoms with van der Waals surface area (Å²) < 4.78 is 34.6. The third-order valence-electron chi connectivity index (χ3n) is 4.52. The molecule has 2 aromatic rings. The molecule has 0 atom stereocenters. The minimum atomic E-state index is -4.13. The number of ether oxygens (including phenoxy) is 2. The highest BCUT2D eigenvalue weighted by Crippen LogP contribution is 2.36. The van der Waals surface area contributed by atoms with Gasteiger partial charge in [-0.2, -0.15) is 0 Å². The summed E-state index contributed by atoms with van der Waals surface area (Å²) in [5.41, 5.74) is 2.04. The Bertz CT molecular complexity index is 1010. The van der Waals surface area contributed by atoms with Crippen molar-refractivity contribution in [3.05, 3.63) is 51.6 Å². The van der Waals surface area contributed by atoms with Crippen molar-refractivity contribution in [1.29, 1.82) is 0 Å². The lowest BCUT2D eigenvalue weighted by atomic mass is 9.98. The van der Waals surface area contributed by atoms with Crippen LogP contribution in [0.1, 0.15) is 11.1 Å². The van der Waals surface area contributed by atoms with Crippen LogP contribution in [0, 0.1) is 10.1 Å². The monoisotopic (exact) mass is 393 g/mol. The lowest BCUT2D eigenvalue weighted by Gasteiger charge is -2.32. The smallest absolute Gasteiger partial charge is 0.270 e. The fourth-order valence-electron chi connectivity index (χ4n) is 3.19. The van der Waals surface area contributed by atoms with Gasteiger partial charge in [0.25, 0.3) is 5.69 Å². The van der Waals surface area contributed by atoms with Gasteiger partial charge >= 0.3 is 0 Å². The fourth-order valence-corrected chi connectivity index (χ4v) is 3.97. The van der Waals surface area contributed by atoms with Gasteiger partial charge in [-0.05, 0) is 35.7 Å². The van der Waals surface area contributed by atoms with Crippen LogP contribution in [-0.2, 0) is 23.0 Å². The maximum atomic E-state index is 12.0. The molecule has 0 saturated heterocycles. The summed E-state index contributed by atoms with van der Waals surface area (Å²) in [5, 5.41) is 16.3. The number of hydrogen-bond acceptors (Lipinski definition) is 7. The Hall–Kier alpha value is -2.85. The number of nitro benzene ring substituents is 1. The quantitative estimate of drug-likeness (QED) is 0.607. The molecule has 2 aromatic carbocycles. The molecule has 1 aliphatic rings. The van der Waals surface area contributed by atoms with Gasteiger partial charge in [-0.25, -0.2) is 13.6 Å². The average Bonchev–Trinajstić information content (AvgIpc) is 2.65. The third-order valence-corrected chi connectivity index (χ3v) is 5.46. The molecular formula is C17H19N3O6S. The summed E-state index contributed by atoms with van der Waals surface area (Å²) in [6, 6.07) is 7.44. The molecule has 1 heterocycles. The average molecular weight is 393 g/mol. The fraction of sp³-hybridized carbons (Fsp3) is 0.294. The molecule has 2 N–H and O–H groups in total. The number of hydrogen-bond donors (Lipinski definition) is 1. The van der Waals surface area contributed by atoms with E-state index in [1.807, 2.05) is 17.0 Å². The van der Waals surface area contributed by atoms with Gasteiger partial charge in [-0.1, -0.05) is 0 Å². The number of methoxy groups -OCH3 is 2. The number of nitrogens with zero attached hydrogens (tertiary/aromatic N) is 2. The second-order valence-electron chi connectivity index (χ2n) is 6.10.